The molecule has 0 spiro atoms. The van der Waals surface area contributed by atoms with Crippen molar-refractivity contribution in [2.45, 2.75) is 24.3 Å². The molecule has 1 saturated heterocycles. The number of sulfonamides is 1. The zero-order valence-electron chi connectivity index (χ0n) is 12.4. The number of benzene rings is 1. The fraction of sp³-hybridized carbons (Fsp3) is 0.500. The molecule has 1 aromatic carbocycles. The topological polar surface area (TPSA) is 83.7 Å². The van der Waals surface area contributed by atoms with Gasteiger partial charge in [0.1, 0.15) is 0 Å². The molecule has 1 fully saturated rings. The van der Waals surface area contributed by atoms with Crippen molar-refractivity contribution in [2.75, 3.05) is 26.2 Å². The molecule has 1 amide bonds. The Kier molecular flexibility index (Phi) is 5.44. The van der Waals surface area contributed by atoms with Crippen LogP contribution in [0.5, 0.6) is 0 Å². The highest BCUT2D eigenvalue weighted by Crippen LogP contribution is 2.21. The molecule has 2 rings (SSSR count). The molecule has 1 atom stereocenters. The molecule has 1 aromatic rings. The number of halogens is 1. The van der Waals surface area contributed by atoms with Crippen molar-refractivity contribution in [1.82, 2.24) is 9.21 Å². The average Bonchev–Trinajstić information content (AvgIpc) is 2.46. The maximum atomic E-state index is 12.5. The Labute approximate surface area is 135 Å². The largest absolute Gasteiger partial charge is 0.340 e. The van der Waals surface area contributed by atoms with E-state index in [1.54, 1.807) is 24.0 Å². The molecule has 122 valence electrons. The average molecular weight is 346 g/mol. The summed E-state index contributed by atoms with van der Waals surface area (Å²) in [6, 6.07) is 6.00. The lowest BCUT2D eigenvalue weighted by Gasteiger charge is -2.34. The lowest BCUT2D eigenvalue weighted by molar-refractivity contribution is -0.132. The number of carbonyl (C=O) groups is 1. The Morgan fingerprint density at radius 1 is 1.32 bits per heavy atom. The van der Waals surface area contributed by atoms with Gasteiger partial charge in [0.2, 0.25) is 15.9 Å². The number of nitrogens with two attached hydrogens (primary N) is 1. The molecule has 1 heterocycles. The van der Waals surface area contributed by atoms with Crippen LogP contribution in [0.2, 0.25) is 5.02 Å². The van der Waals surface area contributed by atoms with Gasteiger partial charge in [-0.15, -0.1) is 0 Å². The Morgan fingerprint density at radius 2 is 1.95 bits per heavy atom. The van der Waals surface area contributed by atoms with Crippen molar-refractivity contribution in [2.24, 2.45) is 5.73 Å². The number of piperazine rings is 1. The maximum Gasteiger partial charge on any atom is 0.243 e. The summed E-state index contributed by atoms with van der Waals surface area (Å²) < 4.78 is 26.5. The van der Waals surface area contributed by atoms with Crippen LogP contribution in [0.25, 0.3) is 0 Å². The van der Waals surface area contributed by atoms with Gasteiger partial charge in [-0.3, -0.25) is 4.79 Å². The summed E-state index contributed by atoms with van der Waals surface area (Å²) >= 11 is 5.86. The Balaban J connectivity index is 2.03. The minimum atomic E-state index is -3.57. The van der Waals surface area contributed by atoms with Crippen LogP contribution < -0.4 is 5.73 Å². The van der Waals surface area contributed by atoms with Crippen molar-refractivity contribution in [3.8, 4) is 0 Å². The first-order valence-electron chi connectivity index (χ1n) is 7.10. The lowest BCUT2D eigenvalue weighted by atomic mass is 10.2. The second-order valence-electron chi connectivity index (χ2n) is 5.42. The summed E-state index contributed by atoms with van der Waals surface area (Å²) in [6.45, 7) is 3.09. The summed E-state index contributed by atoms with van der Waals surface area (Å²) in [6.07, 6.45) is 0.279. The van der Waals surface area contributed by atoms with E-state index in [0.717, 1.165) is 0 Å². The normalized spacial score (nSPS) is 18.2. The number of nitrogens with zero attached hydrogens (tertiary/aromatic N) is 2. The molecule has 0 saturated carbocycles. The van der Waals surface area contributed by atoms with Crippen LogP contribution in [-0.4, -0.2) is 55.8 Å². The number of hydrogen-bond acceptors (Lipinski definition) is 4. The van der Waals surface area contributed by atoms with E-state index < -0.39 is 10.0 Å². The van der Waals surface area contributed by atoms with Crippen molar-refractivity contribution in [3.63, 3.8) is 0 Å². The molecule has 0 radical (unpaired) electrons. The molecule has 1 aliphatic rings. The number of amides is 1. The molecule has 8 heteroatoms. The van der Waals surface area contributed by atoms with Crippen LogP contribution >= 0.6 is 11.6 Å². The van der Waals surface area contributed by atoms with Crippen molar-refractivity contribution in [3.05, 3.63) is 29.3 Å². The fourth-order valence-corrected chi connectivity index (χ4v) is 4.08. The van der Waals surface area contributed by atoms with E-state index in [4.69, 9.17) is 17.3 Å². The van der Waals surface area contributed by atoms with Gasteiger partial charge in [-0.25, -0.2) is 8.42 Å². The monoisotopic (exact) mass is 345 g/mol. The van der Waals surface area contributed by atoms with Gasteiger partial charge in [-0.05, 0) is 25.1 Å². The van der Waals surface area contributed by atoms with Crippen LogP contribution in [0.4, 0.5) is 0 Å². The van der Waals surface area contributed by atoms with E-state index in [9.17, 15) is 13.2 Å². The van der Waals surface area contributed by atoms with E-state index in [1.807, 2.05) is 0 Å². The van der Waals surface area contributed by atoms with E-state index in [0.29, 0.717) is 18.1 Å². The second-order valence-corrected chi connectivity index (χ2v) is 7.80. The SMILES string of the molecule is CC(N)CC(=O)N1CCN(S(=O)(=O)c2cccc(Cl)c2)CC1. The summed E-state index contributed by atoms with van der Waals surface area (Å²) in [4.78, 5) is 13.8. The minimum absolute atomic E-state index is 0.0326. The number of carbonyl (C=O) groups excluding carboxylic acids is 1. The van der Waals surface area contributed by atoms with Crippen LogP contribution in [0.3, 0.4) is 0 Å². The van der Waals surface area contributed by atoms with Gasteiger partial charge in [-0.2, -0.15) is 4.31 Å². The molecular weight excluding hydrogens is 326 g/mol. The second kappa shape index (κ2) is 6.95. The standard InChI is InChI=1S/C14H20ClN3O3S/c1-11(16)9-14(19)17-5-7-18(8-6-17)22(20,21)13-4-2-3-12(15)10-13/h2-4,10-11H,5-9,16H2,1H3. The molecule has 0 aromatic heterocycles. The van der Waals surface area contributed by atoms with Crippen molar-refractivity contribution < 1.29 is 13.2 Å². The van der Waals surface area contributed by atoms with Crippen LogP contribution in [0.15, 0.2) is 29.2 Å². The highest BCUT2D eigenvalue weighted by molar-refractivity contribution is 7.89. The molecule has 1 unspecified atom stereocenters. The van der Waals surface area contributed by atoms with Gasteiger partial charge in [0.05, 0.1) is 4.90 Å². The Hall–Kier alpha value is -1.15. The predicted octanol–water partition coefficient (Wildman–Crippen LogP) is 0.910. The van der Waals surface area contributed by atoms with Gasteiger partial charge < -0.3 is 10.6 Å². The van der Waals surface area contributed by atoms with Gasteiger partial charge >= 0.3 is 0 Å². The third kappa shape index (κ3) is 3.98. The van der Waals surface area contributed by atoms with E-state index in [-0.39, 0.29) is 36.4 Å². The summed E-state index contributed by atoms with van der Waals surface area (Å²) in [5.74, 6) is -0.0326. The number of hydrogen-bond donors (Lipinski definition) is 1. The first-order valence-corrected chi connectivity index (χ1v) is 8.91. The summed E-state index contributed by atoms with van der Waals surface area (Å²) in [5.41, 5.74) is 5.62. The molecule has 1 aliphatic heterocycles. The third-order valence-electron chi connectivity index (χ3n) is 3.52. The summed E-state index contributed by atoms with van der Waals surface area (Å²) in [7, 11) is -3.57. The van der Waals surface area contributed by atoms with Crippen molar-refractivity contribution >= 4 is 27.5 Å². The molecule has 6 nitrogen and oxygen atoms in total. The van der Waals surface area contributed by atoms with Gasteiger partial charge in [0, 0.05) is 43.7 Å². The van der Waals surface area contributed by atoms with Crippen LogP contribution in [0, 0.1) is 0 Å². The smallest absolute Gasteiger partial charge is 0.243 e. The predicted molar refractivity (Wildman–Crippen MR) is 85.1 cm³/mol. The van der Waals surface area contributed by atoms with Gasteiger partial charge in [-0.1, -0.05) is 17.7 Å². The molecule has 22 heavy (non-hydrogen) atoms. The Bertz CT molecular complexity index is 640. The van der Waals surface area contributed by atoms with Crippen molar-refractivity contribution in [1.29, 1.82) is 0 Å². The Morgan fingerprint density at radius 3 is 2.50 bits per heavy atom. The molecule has 0 bridgehead atoms. The van der Waals surface area contributed by atoms with E-state index >= 15 is 0 Å². The lowest BCUT2D eigenvalue weighted by Crippen LogP contribution is -2.51. The highest BCUT2D eigenvalue weighted by Gasteiger charge is 2.30. The molecule has 2 N–H and O–H groups in total. The minimum Gasteiger partial charge on any atom is -0.340 e. The third-order valence-corrected chi connectivity index (χ3v) is 5.65. The van der Waals surface area contributed by atoms with Gasteiger partial charge in [0.15, 0.2) is 0 Å². The quantitative estimate of drug-likeness (QED) is 0.879. The summed E-state index contributed by atoms with van der Waals surface area (Å²) in [5, 5.41) is 0.381. The van der Waals surface area contributed by atoms with Crippen LogP contribution in [0.1, 0.15) is 13.3 Å². The van der Waals surface area contributed by atoms with Gasteiger partial charge in [0.25, 0.3) is 0 Å². The molecular formula is C14H20ClN3O3S. The van der Waals surface area contributed by atoms with E-state index in [2.05, 4.69) is 0 Å². The zero-order chi connectivity index (χ0) is 16.3. The first kappa shape index (κ1) is 17.2. The highest BCUT2D eigenvalue weighted by atomic mass is 35.5. The van der Waals surface area contributed by atoms with Crippen LogP contribution in [-0.2, 0) is 14.8 Å². The first-order chi connectivity index (χ1) is 10.3. The number of rotatable bonds is 4. The van der Waals surface area contributed by atoms with E-state index in [1.165, 1.54) is 16.4 Å². The molecule has 0 aliphatic carbocycles. The maximum absolute atomic E-state index is 12.5. The fourth-order valence-electron chi connectivity index (χ4n) is 2.36. The zero-order valence-corrected chi connectivity index (χ0v) is 14.0.